The van der Waals surface area contributed by atoms with Gasteiger partial charge >= 0.3 is 0 Å². The van der Waals surface area contributed by atoms with Crippen LogP contribution in [-0.2, 0) is 0 Å². The summed E-state index contributed by atoms with van der Waals surface area (Å²) in [7, 11) is 2.23. The van der Waals surface area contributed by atoms with Gasteiger partial charge in [-0.25, -0.2) is 0 Å². The van der Waals surface area contributed by atoms with E-state index in [0.717, 1.165) is 11.8 Å². The van der Waals surface area contributed by atoms with E-state index in [1.54, 1.807) is 0 Å². The molecule has 2 heteroatoms. The van der Waals surface area contributed by atoms with Gasteiger partial charge in [-0.2, -0.15) is 0 Å². The van der Waals surface area contributed by atoms with Crippen LogP contribution in [0.4, 0.5) is 0 Å². The van der Waals surface area contributed by atoms with Gasteiger partial charge < -0.3 is 10.6 Å². The van der Waals surface area contributed by atoms with Crippen LogP contribution in [0.5, 0.6) is 0 Å². The van der Waals surface area contributed by atoms with E-state index in [1.807, 2.05) is 0 Å². The van der Waals surface area contributed by atoms with Gasteiger partial charge in [0.1, 0.15) is 0 Å². The molecule has 2 N–H and O–H groups in total. The Morgan fingerprint density at radius 1 is 1.00 bits per heavy atom. The monoisotopic (exact) mass is 196 g/mol. The molecule has 1 saturated heterocycles. The fourth-order valence-electron chi connectivity index (χ4n) is 3.25. The Balaban J connectivity index is 1.94. The topological polar surface area (TPSA) is 29.3 Å². The maximum absolute atomic E-state index is 6.29. The molecule has 1 saturated carbocycles. The molecular formula is C12H24N2. The van der Waals surface area contributed by atoms with Crippen molar-refractivity contribution >= 4 is 0 Å². The van der Waals surface area contributed by atoms with Gasteiger partial charge in [-0.3, -0.25) is 0 Å². The van der Waals surface area contributed by atoms with Gasteiger partial charge in [0.2, 0.25) is 0 Å². The first kappa shape index (κ1) is 10.4. The molecule has 1 heterocycles. The lowest BCUT2D eigenvalue weighted by Gasteiger charge is -2.26. The fourth-order valence-corrected chi connectivity index (χ4v) is 3.25. The summed E-state index contributed by atoms with van der Waals surface area (Å²) < 4.78 is 0. The van der Waals surface area contributed by atoms with Gasteiger partial charge in [0.25, 0.3) is 0 Å². The Morgan fingerprint density at radius 2 is 1.64 bits per heavy atom. The molecule has 2 unspecified atom stereocenters. The van der Waals surface area contributed by atoms with Crippen molar-refractivity contribution in [3.8, 4) is 0 Å². The first-order chi connectivity index (χ1) is 6.77. The third-order valence-corrected chi connectivity index (χ3v) is 4.24. The van der Waals surface area contributed by atoms with Gasteiger partial charge in [0.15, 0.2) is 0 Å². The standard InChI is InChI=1S/C12H24N2/c1-14-8-6-11(12(13)7-9-14)10-4-2-3-5-10/h10-12H,2-9,13H2,1H3. The van der Waals surface area contributed by atoms with Gasteiger partial charge in [0, 0.05) is 6.04 Å². The first-order valence-corrected chi connectivity index (χ1v) is 6.21. The quantitative estimate of drug-likeness (QED) is 0.693. The molecule has 0 spiro atoms. The molecule has 0 aromatic carbocycles. The van der Waals surface area contributed by atoms with Crippen LogP contribution < -0.4 is 5.73 Å². The minimum Gasteiger partial charge on any atom is -0.327 e. The predicted octanol–water partition coefficient (Wildman–Crippen LogP) is 1.85. The Kier molecular flexibility index (Phi) is 3.45. The van der Waals surface area contributed by atoms with Gasteiger partial charge in [-0.05, 0) is 44.8 Å². The van der Waals surface area contributed by atoms with Crippen molar-refractivity contribution in [2.24, 2.45) is 17.6 Å². The minimum absolute atomic E-state index is 0.475. The highest BCUT2D eigenvalue weighted by molar-refractivity contribution is 4.85. The average molecular weight is 196 g/mol. The van der Waals surface area contributed by atoms with Crippen LogP contribution in [0.1, 0.15) is 38.5 Å². The largest absolute Gasteiger partial charge is 0.327 e. The van der Waals surface area contributed by atoms with Crippen molar-refractivity contribution in [2.75, 3.05) is 20.1 Å². The Bertz CT molecular complexity index is 175. The van der Waals surface area contributed by atoms with Crippen molar-refractivity contribution < 1.29 is 0 Å². The van der Waals surface area contributed by atoms with E-state index in [-0.39, 0.29) is 0 Å². The summed E-state index contributed by atoms with van der Waals surface area (Å²) >= 11 is 0. The van der Waals surface area contributed by atoms with E-state index in [4.69, 9.17) is 5.73 Å². The third-order valence-electron chi connectivity index (χ3n) is 4.24. The van der Waals surface area contributed by atoms with Crippen LogP contribution in [0.15, 0.2) is 0 Å². The predicted molar refractivity (Wildman–Crippen MR) is 60.2 cm³/mol. The zero-order valence-electron chi connectivity index (χ0n) is 9.41. The molecule has 0 bridgehead atoms. The van der Waals surface area contributed by atoms with Gasteiger partial charge in [-0.1, -0.05) is 25.7 Å². The second-order valence-corrected chi connectivity index (χ2v) is 5.25. The average Bonchev–Trinajstić information content (AvgIpc) is 2.63. The molecule has 0 radical (unpaired) electrons. The number of hydrogen-bond donors (Lipinski definition) is 1. The van der Waals surface area contributed by atoms with E-state index >= 15 is 0 Å². The molecular weight excluding hydrogens is 172 g/mol. The summed E-state index contributed by atoms with van der Waals surface area (Å²) in [5.41, 5.74) is 6.29. The fraction of sp³-hybridized carbons (Fsp3) is 1.00. The molecule has 1 aliphatic carbocycles. The smallest absolute Gasteiger partial charge is 0.00824 e. The zero-order valence-corrected chi connectivity index (χ0v) is 9.41. The van der Waals surface area contributed by atoms with Gasteiger partial charge in [-0.15, -0.1) is 0 Å². The SMILES string of the molecule is CN1CCC(N)C(C2CCCC2)CC1. The molecule has 0 aromatic heterocycles. The lowest BCUT2D eigenvalue weighted by Crippen LogP contribution is -2.34. The molecule has 2 aliphatic rings. The van der Waals surface area contributed by atoms with Gasteiger partial charge in [0.05, 0.1) is 0 Å². The Labute approximate surface area is 87.8 Å². The van der Waals surface area contributed by atoms with E-state index < -0.39 is 0 Å². The van der Waals surface area contributed by atoms with Crippen LogP contribution in [0, 0.1) is 11.8 Å². The van der Waals surface area contributed by atoms with E-state index in [9.17, 15) is 0 Å². The van der Waals surface area contributed by atoms with Crippen LogP contribution in [0.25, 0.3) is 0 Å². The molecule has 14 heavy (non-hydrogen) atoms. The summed E-state index contributed by atoms with van der Waals surface area (Å²) in [4.78, 5) is 2.44. The molecule has 0 amide bonds. The molecule has 1 aliphatic heterocycles. The Morgan fingerprint density at radius 3 is 2.36 bits per heavy atom. The van der Waals surface area contributed by atoms with E-state index in [0.29, 0.717) is 6.04 Å². The summed E-state index contributed by atoms with van der Waals surface area (Å²) in [6.07, 6.45) is 8.33. The lowest BCUT2D eigenvalue weighted by atomic mass is 9.82. The van der Waals surface area contributed by atoms with Crippen molar-refractivity contribution in [3.63, 3.8) is 0 Å². The van der Waals surface area contributed by atoms with E-state index in [1.165, 1.54) is 51.6 Å². The molecule has 82 valence electrons. The molecule has 0 aromatic rings. The van der Waals surface area contributed by atoms with E-state index in [2.05, 4.69) is 11.9 Å². The third kappa shape index (κ3) is 2.29. The second kappa shape index (κ2) is 4.63. The number of hydrogen-bond acceptors (Lipinski definition) is 2. The van der Waals surface area contributed by atoms with Crippen LogP contribution in [0.2, 0.25) is 0 Å². The number of likely N-dealkylation sites (tertiary alicyclic amines) is 1. The van der Waals surface area contributed by atoms with Crippen molar-refractivity contribution in [1.29, 1.82) is 0 Å². The van der Waals surface area contributed by atoms with Crippen molar-refractivity contribution in [3.05, 3.63) is 0 Å². The van der Waals surface area contributed by atoms with Crippen LogP contribution in [0.3, 0.4) is 0 Å². The second-order valence-electron chi connectivity index (χ2n) is 5.25. The minimum atomic E-state index is 0.475. The summed E-state index contributed by atoms with van der Waals surface area (Å²) in [6.45, 7) is 2.46. The maximum atomic E-state index is 6.29. The van der Waals surface area contributed by atoms with Crippen molar-refractivity contribution in [1.82, 2.24) is 4.90 Å². The zero-order chi connectivity index (χ0) is 9.97. The van der Waals surface area contributed by atoms with Crippen LogP contribution >= 0.6 is 0 Å². The highest BCUT2D eigenvalue weighted by Gasteiger charge is 2.31. The molecule has 2 nitrogen and oxygen atoms in total. The van der Waals surface area contributed by atoms with Crippen LogP contribution in [-0.4, -0.2) is 31.1 Å². The highest BCUT2D eigenvalue weighted by Crippen LogP contribution is 2.36. The number of nitrogens with zero attached hydrogens (tertiary/aromatic N) is 1. The lowest BCUT2D eigenvalue weighted by molar-refractivity contribution is 0.269. The summed E-state index contributed by atoms with van der Waals surface area (Å²) in [5.74, 6) is 1.78. The molecule has 2 fully saturated rings. The number of nitrogens with two attached hydrogens (primary N) is 1. The normalized spacial score (nSPS) is 37.3. The highest BCUT2D eigenvalue weighted by atomic mass is 15.1. The molecule has 2 atom stereocenters. The molecule has 2 rings (SSSR count). The number of rotatable bonds is 1. The maximum Gasteiger partial charge on any atom is 0.00824 e. The first-order valence-electron chi connectivity index (χ1n) is 6.21. The summed E-state index contributed by atoms with van der Waals surface area (Å²) in [6, 6.07) is 0.475. The van der Waals surface area contributed by atoms with Crippen molar-refractivity contribution in [2.45, 2.75) is 44.6 Å². The summed E-state index contributed by atoms with van der Waals surface area (Å²) in [5, 5.41) is 0. The Hall–Kier alpha value is -0.0800.